The van der Waals surface area contributed by atoms with Gasteiger partial charge < -0.3 is 4.57 Å². The summed E-state index contributed by atoms with van der Waals surface area (Å²) in [6.07, 6.45) is 5.81. The van der Waals surface area contributed by atoms with Crippen molar-refractivity contribution in [1.29, 1.82) is 0 Å². The van der Waals surface area contributed by atoms with Gasteiger partial charge in [0.25, 0.3) is 0 Å². The average molecular weight is 315 g/mol. The molecule has 1 aliphatic carbocycles. The lowest BCUT2D eigenvalue weighted by atomic mass is 10.2. The van der Waals surface area contributed by atoms with Crippen molar-refractivity contribution in [3.63, 3.8) is 0 Å². The summed E-state index contributed by atoms with van der Waals surface area (Å²) in [5, 5.41) is 0.923. The summed E-state index contributed by atoms with van der Waals surface area (Å²) >= 11 is 0. The molecule has 1 aromatic carbocycles. The molecule has 0 saturated heterocycles. The molecule has 0 aliphatic heterocycles. The van der Waals surface area contributed by atoms with Crippen molar-refractivity contribution in [3.05, 3.63) is 69.2 Å². The maximum atomic E-state index is 12.6. The van der Waals surface area contributed by atoms with Crippen molar-refractivity contribution < 1.29 is 0 Å². The van der Waals surface area contributed by atoms with E-state index in [0.29, 0.717) is 23.5 Å². The highest BCUT2D eigenvalue weighted by Crippen LogP contribution is 2.16. The molecule has 0 radical (unpaired) electrons. The van der Waals surface area contributed by atoms with Crippen LogP contribution in [0.2, 0.25) is 0 Å². The Hall–Kier alpha value is -3.28. The van der Waals surface area contributed by atoms with Gasteiger partial charge >= 0.3 is 5.56 Å². The summed E-state index contributed by atoms with van der Waals surface area (Å²) in [5.41, 5.74) is 2.78. The second-order valence-electron chi connectivity index (χ2n) is 5.86. The highest BCUT2D eigenvalue weighted by atomic mass is 16.1. The van der Waals surface area contributed by atoms with Crippen LogP contribution >= 0.6 is 0 Å². The number of aryl methyl sites for hydroxylation is 1. The van der Waals surface area contributed by atoms with Crippen LogP contribution in [0, 0.1) is 6.92 Å². The largest absolute Gasteiger partial charge is 0.318 e. The van der Waals surface area contributed by atoms with Gasteiger partial charge in [0.15, 0.2) is 11.2 Å². The van der Waals surface area contributed by atoms with Gasteiger partial charge in [-0.05, 0) is 24.6 Å². The molecule has 3 heterocycles. The zero-order valence-corrected chi connectivity index (χ0v) is 13.0. The lowest BCUT2D eigenvalue weighted by molar-refractivity contribution is 0.782. The maximum absolute atomic E-state index is 12.6. The molecule has 0 amide bonds. The Kier molecular flexibility index (Phi) is 2.53. The molecule has 3 aromatic heterocycles. The van der Waals surface area contributed by atoms with Gasteiger partial charge in [-0.25, -0.2) is 9.97 Å². The number of rotatable bonds is 2. The third kappa shape index (κ3) is 1.70. The molecule has 0 fully saturated rings. The standard InChI is InChI=1S/C18H13N5O/c1-11-19-16-15(22(11)10-12-6-3-2-4-7-12)17(24)21-18-20-13-8-5-9-14(13)23(16)18/h2-9H,10H2,1H3. The van der Waals surface area contributed by atoms with Gasteiger partial charge in [-0.3, -0.25) is 9.20 Å². The van der Waals surface area contributed by atoms with Gasteiger partial charge in [-0.15, -0.1) is 0 Å². The first kappa shape index (κ1) is 13.2. The summed E-state index contributed by atoms with van der Waals surface area (Å²) in [6.45, 7) is 2.50. The molecule has 6 heteroatoms. The number of hydrogen-bond donors (Lipinski definition) is 0. The predicted octanol–water partition coefficient (Wildman–Crippen LogP) is 1.32. The number of benzene rings is 1. The second kappa shape index (κ2) is 4.61. The zero-order valence-electron chi connectivity index (χ0n) is 13.0. The predicted molar refractivity (Wildman–Crippen MR) is 91.5 cm³/mol. The van der Waals surface area contributed by atoms with Crippen molar-refractivity contribution in [2.24, 2.45) is 0 Å². The average Bonchev–Trinajstić information content (AvgIpc) is 3.22. The van der Waals surface area contributed by atoms with Crippen molar-refractivity contribution >= 4 is 29.1 Å². The molecule has 6 nitrogen and oxygen atoms in total. The maximum Gasteiger partial charge on any atom is 0.300 e. The van der Waals surface area contributed by atoms with Crippen LogP contribution in [0.5, 0.6) is 0 Å². The molecule has 0 atom stereocenters. The first-order valence-electron chi connectivity index (χ1n) is 7.74. The minimum Gasteiger partial charge on any atom is -0.318 e. The summed E-state index contributed by atoms with van der Waals surface area (Å²) in [5.74, 6) is 1.19. The Morgan fingerprint density at radius 1 is 1.08 bits per heavy atom. The number of fused-ring (bicyclic) bond motifs is 5. The quantitative estimate of drug-likeness (QED) is 0.560. The van der Waals surface area contributed by atoms with E-state index in [9.17, 15) is 4.79 Å². The van der Waals surface area contributed by atoms with Crippen LogP contribution in [0.3, 0.4) is 0 Å². The summed E-state index contributed by atoms with van der Waals surface area (Å²) in [6, 6.07) is 10.0. The van der Waals surface area contributed by atoms with Crippen LogP contribution in [0.25, 0.3) is 29.1 Å². The van der Waals surface area contributed by atoms with Crippen LogP contribution in [-0.4, -0.2) is 23.9 Å². The normalized spacial score (nSPS) is 12.9. The minimum absolute atomic E-state index is 0.290. The van der Waals surface area contributed by atoms with E-state index in [-0.39, 0.29) is 5.56 Å². The fourth-order valence-electron chi connectivity index (χ4n) is 3.25. The van der Waals surface area contributed by atoms with E-state index in [2.05, 4.69) is 15.0 Å². The van der Waals surface area contributed by atoms with Gasteiger partial charge in [-0.1, -0.05) is 36.4 Å². The first-order chi connectivity index (χ1) is 11.7. The minimum atomic E-state index is -0.290. The molecule has 24 heavy (non-hydrogen) atoms. The van der Waals surface area contributed by atoms with Crippen molar-refractivity contribution in [2.75, 3.05) is 0 Å². The molecule has 0 spiro atoms. The number of allylic oxidation sites excluding steroid dienone is 1. The fourth-order valence-corrected chi connectivity index (χ4v) is 3.25. The van der Waals surface area contributed by atoms with Crippen molar-refractivity contribution in [1.82, 2.24) is 23.9 Å². The Morgan fingerprint density at radius 2 is 1.92 bits per heavy atom. The zero-order chi connectivity index (χ0) is 16.3. The lowest BCUT2D eigenvalue weighted by Crippen LogP contribution is -2.18. The molecule has 0 unspecified atom stereocenters. The Morgan fingerprint density at radius 3 is 2.75 bits per heavy atom. The molecule has 116 valence electrons. The topological polar surface area (TPSA) is 65.1 Å². The van der Waals surface area contributed by atoms with Crippen LogP contribution in [0.1, 0.15) is 17.1 Å². The summed E-state index contributed by atoms with van der Waals surface area (Å²) in [7, 11) is 0. The Balaban J connectivity index is 1.85. The third-order valence-corrected chi connectivity index (χ3v) is 4.37. The van der Waals surface area contributed by atoms with Gasteiger partial charge in [-0.2, -0.15) is 4.98 Å². The lowest BCUT2D eigenvalue weighted by Gasteiger charge is -2.06. The number of hydrogen-bond acceptors (Lipinski definition) is 4. The number of nitrogens with zero attached hydrogens (tertiary/aromatic N) is 5. The van der Waals surface area contributed by atoms with E-state index in [4.69, 9.17) is 0 Å². The highest BCUT2D eigenvalue weighted by molar-refractivity contribution is 5.76. The number of imidazole rings is 2. The molecule has 5 rings (SSSR count). The van der Waals surface area contributed by atoms with E-state index in [1.165, 1.54) is 0 Å². The van der Waals surface area contributed by atoms with E-state index in [0.717, 1.165) is 22.4 Å². The van der Waals surface area contributed by atoms with E-state index < -0.39 is 0 Å². The first-order valence-corrected chi connectivity index (χ1v) is 7.74. The van der Waals surface area contributed by atoms with Crippen molar-refractivity contribution in [3.8, 4) is 0 Å². The second-order valence-corrected chi connectivity index (χ2v) is 5.86. The van der Waals surface area contributed by atoms with Crippen LogP contribution < -0.4 is 10.9 Å². The molecule has 0 bridgehead atoms. The molecule has 1 aliphatic rings. The van der Waals surface area contributed by atoms with Crippen molar-refractivity contribution in [2.45, 2.75) is 13.5 Å². The Bertz CT molecular complexity index is 1250. The molecular formula is C18H13N5O. The smallest absolute Gasteiger partial charge is 0.300 e. The van der Waals surface area contributed by atoms with Gasteiger partial charge in [0.2, 0.25) is 5.78 Å². The van der Waals surface area contributed by atoms with Crippen LogP contribution in [0.15, 0.2) is 41.2 Å². The van der Waals surface area contributed by atoms with Crippen LogP contribution in [-0.2, 0) is 6.54 Å². The van der Waals surface area contributed by atoms with Gasteiger partial charge in [0.05, 0.1) is 11.0 Å². The van der Waals surface area contributed by atoms with E-state index in [1.807, 2.05) is 64.5 Å². The SMILES string of the molecule is Cc1nc2c(c(=O)nc3nc4c(n32)=CC=C4)n1Cc1ccccc1. The van der Waals surface area contributed by atoms with Crippen LogP contribution in [0.4, 0.5) is 0 Å². The fraction of sp³-hybridized carbons (Fsp3) is 0.111. The number of aromatic nitrogens is 5. The molecule has 4 aromatic rings. The third-order valence-electron chi connectivity index (χ3n) is 4.37. The van der Waals surface area contributed by atoms with E-state index in [1.54, 1.807) is 0 Å². The van der Waals surface area contributed by atoms with Gasteiger partial charge in [0.1, 0.15) is 5.82 Å². The molecular weight excluding hydrogens is 302 g/mol. The summed E-state index contributed by atoms with van der Waals surface area (Å²) in [4.78, 5) is 25.8. The van der Waals surface area contributed by atoms with E-state index >= 15 is 0 Å². The highest BCUT2D eigenvalue weighted by Gasteiger charge is 2.19. The van der Waals surface area contributed by atoms with Gasteiger partial charge in [0, 0.05) is 6.54 Å². The monoisotopic (exact) mass is 315 g/mol. The molecule has 0 N–H and O–H groups in total. The Labute approximate surface area is 136 Å². The summed E-state index contributed by atoms with van der Waals surface area (Å²) < 4.78 is 3.79. The molecule has 0 saturated carbocycles.